The zero-order chi connectivity index (χ0) is 17.9. The molecule has 0 radical (unpaired) electrons. The van der Waals surface area contributed by atoms with Gasteiger partial charge in [0, 0.05) is 30.3 Å². The molecular weight excluding hydrogens is 330 g/mol. The van der Waals surface area contributed by atoms with Crippen LogP contribution in [0.3, 0.4) is 0 Å². The second kappa shape index (κ2) is 7.48. The Bertz CT molecular complexity index is 623. The normalized spacial score (nSPS) is 22.4. The van der Waals surface area contributed by atoms with Crippen molar-refractivity contribution >= 4 is 17.7 Å². The summed E-state index contributed by atoms with van der Waals surface area (Å²) in [5.74, 6) is 1.91. The van der Waals surface area contributed by atoms with Gasteiger partial charge in [-0.15, -0.1) is 0 Å². The SMILES string of the molecule is CN=C(NCC(C)(C)SC)NC1CC2(CCCC2)Oc2ccccc21. The molecular formula is C20H31N3OS. The molecule has 138 valence electrons. The molecule has 1 saturated carbocycles. The Morgan fingerprint density at radius 1 is 1.32 bits per heavy atom. The first kappa shape index (κ1) is 18.4. The van der Waals surface area contributed by atoms with Gasteiger partial charge < -0.3 is 15.4 Å². The standard InChI is InChI=1S/C20H31N3OS/c1-19(2,25-4)14-22-18(21-3)23-16-13-20(11-7-8-12-20)24-17-10-6-5-9-15(16)17/h5-6,9-10,16H,7-8,11-14H2,1-4H3,(H2,21,22,23). The summed E-state index contributed by atoms with van der Waals surface area (Å²) in [6, 6.07) is 8.69. The molecule has 25 heavy (non-hydrogen) atoms. The van der Waals surface area contributed by atoms with Crippen molar-refractivity contribution in [3.05, 3.63) is 29.8 Å². The highest BCUT2D eigenvalue weighted by Crippen LogP contribution is 2.46. The van der Waals surface area contributed by atoms with Gasteiger partial charge in [-0.25, -0.2) is 0 Å². The summed E-state index contributed by atoms with van der Waals surface area (Å²) in [6.45, 7) is 5.37. The number of nitrogens with one attached hydrogen (secondary N) is 2. The van der Waals surface area contributed by atoms with E-state index in [9.17, 15) is 0 Å². The van der Waals surface area contributed by atoms with Crippen LogP contribution in [0, 0.1) is 0 Å². The number of ether oxygens (including phenoxy) is 1. The third-order valence-corrected chi connectivity index (χ3v) is 6.73. The molecule has 1 aliphatic carbocycles. The Morgan fingerprint density at radius 3 is 2.72 bits per heavy atom. The number of fused-ring (bicyclic) bond motifs is 1. The molecule has 1 unspecified atom stereocenters. The molecule has 2 N–H and O–H groups in total. The predicted molar refractivity (Wildman–Crippen MR) is 108 cm³/mol. The molecule has 1 fully saturated rings. The molecule has 5 heteroatoms. The van der Waals surface area contributed by atoms with Crippen LogP contribution < -0.4 is 15.4 Å². The number of aliphatic imine (C=N–C) groups is 1. The van der Waals surface area contributed by atoms with Gasteiger partial charge in [0.25, 0.3) is 0 Å². The van der Waals surface area contributed by atoms with E-state index >= 15 is 0 Å². The van der Waals surface area contributed by atoms with Crippen molar-refractivity contribution in [2.75, 3.05) is 19.8 Å². The van der Waals surface area contributed by atoms with Gasteiger partial charge in [0.15, 0.2) is 5.96 Å². The van der Waals surface area contributed by atoms with E-state index in [1.165, 1.54) is 18.4 Å². The summed E-state index contributed by atoms with van der Waals surface area (Å²) in [5.41, 5.74) is 1.25. The average molecular weight is 362 g/mol. The maximum absolute atomic E-state index is 6.45. The number of hydrogen-bond acceptors (Lipinski definition) is 3. The number of hydrogen-bond donors (Lipinski definition) is 2. The lowest BCUT2D eigenvalue weighted by Crippen LogP contribution is -2.48. The lowest BCUT2D eigenvalue weighted by molar-refractivity contribution is 0.0396. The van der Waals surface area contributed by atoms with E-state index in [-0.39, 0.29) is 16.4 Å². The van der Waals surface area contributed by atoms with Gasteiger partial charge in [0.05, 0.1) is 6.04 Å². The molecule has 0 bridgehead atoms. The minimum Gasteiger partial charge on any atom is -0.487 e. The molecule has 4 nitrogen and oxygen atoms in total. The number of benzene rings is 1. The Morgan fingerprint density at radius 2 is 2.04 bits per heavy atom. The summed E-state index contributed by atoms with van der Waals surface area (Å²) < 4.78 is 6.63. The first-order chi connectivity index (χ1) is 12.0. The fourth-order valence-corrected chi connectivity index (χ4v) is 4.02. The van der Waals surface area contributed by atoms with E-state index < -0.39 is 0 Å². The molecule has 0 amide bonds. The number of nitrogens with zero attached hydrogens (tertiary/aromatic N) is 1. The topological polar surface area (TPSA) is 45.7 Å². The van der Waals surface area contributed by atoms with E-state index in [0.29, 0.717) is 0 Å². The summed E-state index contributed by atoms with van der Waals surface area (Å²) in [6.07, 6.45) is 8.01. The molecule has 1 aromatic carbocycles. The largest absolute Gasteiger partial charge is 0.487 e. The number of thioether (sulfide) groups is 1. The van der Waals surface area contributed by atoms with Crippen LogP contribution in [0.4, 0.5) is 0 Å². The average Bonchev–Trinajstić information content (AvgIpc) is 3.05. The monoisotopic (exact) mass is 361 g/mol. The van der Waals surface area contributed by atoms with Gasteiger partial charge >= 0.3 is 0 Å². The van der Waals surface area contributed by atoms with Crippen molar-refractivity contribution < 1.29 is 4.74 Å². The minimum atomic E-state index is 0.00339. The smallest absolute Gasteiger partial charge is 0.191 e. The van der Waals surface area contributed by atoms with Crippen molar-refractivity contribution in [3.8, 4) is 5.75 Å². The first-order valence-electron chi connectivity index (χ1n) is 9.27. The van der Waals surface area contributed by atoms with Crippen molar-refractivity contribution in [1.29, 1.82) is 0 Å². The fraction of sp³-hybridized carbons (Fsp3) is 0.650. The van der Waals surface area contributed by atoms with Crippen LogP contribution in [-0.2, 0) is 0 Å². The highest BCUT2D eigenvalue weighted by atomic mass is 32.2. The van der Waals surface area contributed by atoms with Crippen LogP contribution in [0.1, 0.15) is 57.6 Å². The summed E-state index contributed by atoms with van der Waals surface area (Å²) >= 11 is 1.86. The Kier molecular flexibility index (Phi) is 5.52. The molecule has 0 aromatic heterocycles. The maximum Gasteiger partial charge on any atom is 0.191 e. The van der Waals surface area contributed by atoms with Crippen molar-refractivity contribution in [3.63, 3.8) is 0 Å². The van der Waals surface area contributed by atoms with Crippen LogP contribution in [-0.4, -0.2) is 36.2 Å². The lowest BCUT2D eigenvalue weighted by Gasteiger charge is -2.40. The zero-order valence-corrected chi connectivity index (χ0v) is 16.7. The van der Waals surface area contributed by atoms with Crippen LogP contribution in [0.5, 0.6) is 5.75 Å². The van der Waals surface area contributed by atoms with Crippen molar-refractivity contribution in [2.24, 2.45) is 4.99 Å². The quantitative estimate of drug-likeness (QED) is 0.625. The van der Waals surface area contributed by atoms with Gasteiger partial charge in [-0.05, 0) is 51.9 Å². The second-order valence-electron chi connectivity index (χ2n) is 7.82. The third-order valence-electron chi connectivity index (χ3n) is 5.48. The van der Waals surface area contributed by atoms with E-state index in [0.717, 1.165) is 37.5 Å². The van der Waals surface area contributed by atoms with Gasteiger partial charge in [-0.1, -0.05) is 18.2 Å². The number of para-hydroxylation sites is 1. The summed E-state index contributed by atoms with van der Waals surface area (Å²) in [4.78, 5) is 4.45. The van der Waals surface area contributed by atoms with Crippen LogP contribution in [0.2, 0.25) is 0 Å². The summed E-state index contributed by atoms with van der Waals surface area (Å²) in [7, 11) is 1.85. The van der Waals surface area contributed by atoms with E-state index in [2.05, 4.69) is 60.0 Å². The molecule has 1 aliphatic heterocycles. The van der Waals surface area contributed by atoms with Crippen LogP contribution in [0.15, 0.2) is 29.3 Å². The molecule has 3 rings (SSSR count). The Labute approximate surface area is 156 Å². The Balaban J connectivity index is 1.75. The third kappa shape index (κ3) is 4.25. The highest BCUT2D eigenvalue weighted by Gasteiger charge is 2.43. The van der Waals surface area contributed by atoms with E-state index in [1.54, 1.807) is 0 Å². The van der Waals surface area contributed by atoms with Crippen LogP contribution in [0.25, 0.3) is 0 Å². The molecule has 2 aliphatic rings. The molecule has 1 aromatic rings. The Hall–Kier alpha value is -1.36. The van der Waals surface area contributed by atoms with Crippen LogP contribution >= 0.6 is 11.8 Å². The van der Waals surface area contributed by atoms with Gasteiger partial charge in [-0.2, -0.15) is 11.8 Å². The zero-order valence-electron chi connectivity index (χ0n) is 15.9. The molecule has 1 spiro atoms. The molecule has 1 atom stereocenters. The van der Waals surface area contributed by atoms with Crippen molar-refractivity contribution in [2.45, 2.75) is 62.3 Å². The highest BCUT2D eigenvalue weighted by molar-refractivity contribution is 7.99. The first-order valence-corrected chi connectivity index (χ1v) is 10.5. The molecule has 1 heterocycles. The van der Waals surface area contributed by atoms with Crippen molar-refractivity contribution in [1.82, 2.24) is 10.6 Å². The predicted octanol–water partition coefficient (Wildman–Crippen LogP) is 4.13. The molecule has 0 saturated heterocycles. The van der Waals surface area contributed by atoms with Gasteiger partial charge in [0.2, 0.25) is 0 Å². The van der Waals surface area contributed by atoms with Gasteiger partial charge in [0.1, 0.15) is 11.4 Å². The lowest BCUT2D eigenvalue weighted by atomic mass is 9.86. The fourth-order valence-electron chi connectivity index (χ4n) is 3.80. The minimum absolute atomic E-state index is 0.00339. The van der Waals surface area contributed by atoms with E-state index in [4.69, 9.17) is 4.74 Å². The second-order valence-corrected chi connectivity index (χ2v) is 9.33. The summed E-state index contributed by atoms with van der Waals surface area (Å²) in [5, 5.41) is 7.15. The van der Waals surface area contributed by atoms with E-state index in [1.807, 2.05) is 18.8 Å². The number of guanidine groups is 1. The van der Waals surface area contributed by atoms with Gasteiger partial charge in [-0.3, -0.25) is 4.99 Å². The number of rotatable bonds is 4. The maximum atomic E-state index is 6.45.